The fraction of sp³-hybridized carbons (Fsp3) is 0.667. The van der Waals surface area contributed by atoms with E-state index < -0.39 is 5.97 Å². The Morgan fingerprint density at radius 3 is 2.71 bits per heavy atom. The molecule has 1 fully saturated rings. The molecule has 0 aliphatic heterocycles. The van der Waals surface area contributed by atoms with Gasteiger partial charge in [-0.05, 0) is 38.2 Å². The largest absolute Gasteiger partial charge is 0.481 e. The molecule has 0 spiro atoms. The van der Waals surface area contributed by atoms with Crippen LogP contribution in [-0.2, 0) is 11.3 Å². The number of carboxylic acids is 1. The summed E-state index contributed by atoms with van der Waals surface area (Å²) in [7, 11) is 0. The molecule has 0 aromatic carbocycles. The smallest absolute Gasteiger partial charge is 0.306 e. The summed E-state index contributed by atoms with van der Waals surface area (Å²) in [6.07, 6.45) is 1.86. The average molecular weight is 293 g/mol. The fourth-order valence-corrected chi connectivity index (χ4v) is 2.74. The Hall–Kier alpha value is -1.85. The molecule has 2 unspecified atom stereocenters. The van der Waals surface area contributed by atoms with Crippen LogP contribution in [0.15, 0.2) is 6.07 Å². The van der Waals surface area contributed by atoms with E-state index in [-0.39, 0.29) is 23.8 Å². The summed E-state index contributed by atoms with van der Waals surface area (Å²) in [5.74, 6) is -0.996. The second kappa shape index (κ2) is 6.28. The van der Waals surface area contributed by atoms with Crippen molar-refractivity contribution >= 4 is 11.9 Å². The lowest BCUT2D eigenvalue weighted by Gasteiger charge is -2.12. The van der Waals surface area contributed by atoms with Crippen molar-refractivity contribution in [3.63, 3.8) is 0 Å². The molecule has 1 aliphatic rings. The number of carbonyl (C=O) groups is 2. The number of rotatable bonds is 5. The number of nitrogens with one attached hydrogen (secondary N) is 1. The molecule has 0 saturated heterocycles. The lowest BCUT2D eigenvalue weighted by Crippen LogP contribution is -2.34. The van der Waals surface area contributed by atoms with Crippen LogP contribution in [0, 0.1) is 5.92 Å². The molecule has 0 radical (unpaired) electrons. The summed E-state index contributed by atoms with van der Waals surface area (Å²) in [6.45, 7) is 6.67. The molecular formula is C15H23N3O3. The fourth-order valence-electron chi connectivity index (χ4n) is 2.74. The molecule has 116 valence electrons. The van der Waals surface area contributed by atoms with Gasteiger partial charge in [0.2, 0.25) is 0 Å². The van der Waals surface area contributed by atoms with E-state index >= 15 is 0 Å². The van der Waals surface area contributed by atoms with Crippen LogP contribution in [0.3, 0.4) is 0 Å². The summed E-state index contributed by atoms with van der Waals surface area (Å²) in [5.41, 5.74) is 1.46. The first-order chi connectivity index (χ1) is 9.92. The lowest BCUT2D eigenvalue weighted by atomic mass is 10.1. The van der Waals surface area contributed by atoms with E-state index in [2.05, 4.69) is 10.4 Å². The van der Waals surface area contributed by atoms with Crippen molar-refractivity contribution in [2.45, 2.75) is 58.5 Å². The van der Waals surface area contributed by atoms with Crippen molar-refractivity contribution in [1.29, 1.82) is 0 Å². The van der Waals surface area contributed by atoms with Gasteiger partial charge in [-0.15, -0.1) is 0 Å². The minimum atomic E-state index is -0.771. The van der Waals surface area contributed by atoms with Gasteiger partial charge in [0.05, 0.1) is 11.6 Å². The Bertz CT molecular complexity index is 536. The number of aryl methyl sites for hydroxylation is 1. The van der Waals surface area contributed by atoms with E-state index in [1.165, 1.54) is 0 Å². The number of carbonyl (C=O) groups excluding carboxylic acids is 1. The molecule has 2 rings (SSSR count). The van der Waals surface area contributed by atoms with Gasteiger partial charge in [0.25, 0.3) is 5.91 Å². The van der Waals surface area contributed by atoms with Crippen molar-refractivity contribution in [1.82, 2.24) is 15.1 Å². The molecule has 2 N–H and O–H groups in total. The van der Waals surface area contributed by atoms with E-state index in [4.69, 9.17) is 5.11 Å². The van der Waals surface area contributed by atoms with E-state index in [1.807, 2.05) is 26.8 Å². The number of hydrogen-bond acceptors (Lipinski definition) is 3. The van der Waals surface area contributed by atoms with Gasteiger partial charge in [0.15, 0.2) is 0 Å². The quantitative estimate of drug-likeness (QED) is 0.869. The molecule has 1 amide bonds. The topological polar surface area (TPSA) is 84.2 Å². The molecule has 1 saturated carbocycles. The molecule has 1 heterocycles. The van der Waals surface area contributed by atoms with Gasteiger partial charge in [-0.2, -0.15) is 5.10 Å². The molecular weight excluding hydrogens is 270 g/mol. The predicted molar refractivity (Wildman–Crippen MR) is 78.2 cm³/mol. The first-order valence-electron chi connectivity index (χ1n) is 7.53. The highest BCUT2D eigenvalue weighted by Gasteiger charge is 2.31. The van der Waals surface area contributed by atoms with Crippen LogP contribution in [0.25, 0.3) is 0 Å². The Balaban J connectivity index is 2.05. The van der Waals surface area contributed by atoms with Crippen molar-refractivity contribution in [2.24, 2.45) is 5.92 Å². The van der Waals surface area contributed by atoms with Gasteiger partial charge in [-0.1, -0.05) is 13.8 Å². The maximum Gasteiger partial charge on any atom is 0.306 e. The van der Waals surface area contributed by atoms with Gasteiger partial charge >= 0.3 is 5.97 Å². The van der Waals surface area contributed by atoms with Crippen LogP contribution in [0.5, 0.6) is 0 Å². The van der Waals surface area contributed by atoms with Gasteiger partial charge in [-0.25, -0.2) is 0 Å². The highest BCUT2D eigenvalue weighted by atomic mass is 16.4. The molecule has 6 heteroatoms. The van der Waals surface area contributed by atoms with Gasteiger partial charge in [0.1, 0.15) is 5.69 Å². The number of carboxylic acid groups (broad SMARTS) is 1. The van der Waals surface area contributed by atoms with Gasteiger partial charge in [-0.3, -0.25) is 14.3 Å². The molecule has 1 aromatic rings. The molecule has 1 aromatic heterocycles. The molecule has 0 bridgehead atoms. The minimum Gasteiger partial charge on any atom is -0.481 e. The first-order valence-corrected chi connectivity index (χ1v) is 7.53. The summed E-state index contributed by atoms with van der Waals surface area (Å²) in [6, 6.07) is 1.77. The second-order valence-electron chi connectivity index (χ2n) is 5.94. The molecule has 6 nitrogen and oxygen atoms in total. The minimum absolute atomic E-state index is 0.0543. The highest BCUT2D eigenvalue weighted by molar-refractivity contribution is 5.93. The number of aliphatic carboxylic acids is 1. The van der Waals surface area contributed by atoms with Crippen LogP contribution in [0.1, 0.15) is 62.1 Å². The van der Waals surface area contributed by atoms with E-state index in [0.717, 1.165) is 12.1 Å². The van der Waals surface area contributed by atoms with Crippen molar-refractivity contribution in [3.05, 3.63) is 17.5 Å². The third-order valence-corrected chi connectivity index (χ3v) is 4.04. The Kier molecular flexibility index (Phi) is 4.65. The maximum absolute atomic E-state index is 12.4. The van der Waals surface area contributed by atoms with E-state index in [9.17, 15) is 9.59 Å². The third kappa shape index (κ3) is 3.43. The van der Waals surface area contributed by atoms with Crippen LogP contribution in [0.2, 0.25) is 0 Å². The van der Waals surface area contributed by atoms with Crippen LogP contribution < -0.4 is 5.32 Å². The van der Waals surface area contributed by atoms with Gasteiger partial charge in [0, 0.05) is 12.6 Å². The van der Waals surface area contributed by atoms with E-state index in [0.29, 0.717) is 25.1 Å². The standard InChI is InChI=1S/C15H23N3O3/c1-4-18-13(8-12(17-18)9(2)3)14(19)16-11-6-5-10(7-11)15(20)21/h8-11H,4-7H2,1-3H3,(H,16,19)(H,20,21). The monoisotopic (exact) mass is 293 g/mol. The predicted octanol–water partition coefficient (Wildman–Crippen LogP) is 2.01. The highest BCUT2D eigenvalue weighted by Crippen LogP contribution is 2.26. The summed E-state index contributed by atoms with van der Waals surface area (Å²) in [5, 5.41) is 16.4. The van der Waals surface area contributed by atoms with Crippen LogP contribution in [-0.4, -0.2) is 32.8 Å². The van der Waals surface area contributed by atoms with Crippen molar-refractivity contribution in [2.75, 3.05) is 0 Å². The SMILES string of the molecule is CCn1nc(C(C)C)cc1C(=O)NC1CCC(C(=O)O)C1. The number of aromatic nitrogens is 2. The maximum atomic E-state index is 12.4. The Morgan fingerprint density at radius 1 is 1.48 bits per heavy atom. The van der Waals surface area contributed by atoms with Crippen LogP contribution >= 0.6 is 0 Å². The second-order valence-corrected chi connectivity index (χ2v) is 5.94. The average Bonchev–Trinajstić information content (AvgIpc) is 3.04. The van der Waals surface area contributed by atoms with Crippen molar-refractivity contribution in [3.8, 4) is 0 Å². The Morgan fingerprint density at radius 2 is 2.19 bits per heavy atom. The third-order valence-electron chi connectivity index (χ3n) is 4.04. The Labute approximate surface area is 124 Å². The molecule has 21 heavy (non-hydrogen) atoms. The van der Waals surface area contributed by atoms with Gasteiger partial charge < -0.3 is 10.4 Å². The zero-order valence-corrected chi connectivity index (χ0v) is 12.8. The number of amides is 1. The zero-order chi connectivity index (χ0) is 15.6. The summed E-state index contributed by atoms with van der Waals surface area (Å²) >= 11 is 0. The number of nitrogens with zero attached hydrogens (tertiary/aromatic N) is 2. The number of hydrogen-bond donors (Lipinski definition) is 2. The lowest BCUT2D eigenvalue weighted by molar-refractivity contribution is -0.141. The van der Waals surface area contributed by atoms with Crippen LogP contribution in [0.4, 0.5) is 0 Å². The van der Waals surface area contributed by atoms with E-state index in [1.54, 1.807) is 4.68 Å². The van der Waals surface area contributed by atoms with Crippen molar-refractivity contribution < 1.29 is 14.7 Å². The molecule has 1 aliphatic carbocycles. The summed E-state index contributed by atoms with van der Waals surface area (Å²) in [4.78, 5) is 23.3. The zero-order valence-electron chi connectivity index (χ0n) is 12.8. The first kappa shape index (κ1) is 15.5. The normalized spacial score (nSPS) is 21.7. The molecule has 2 atom stereocenters. The summed E-state index contributed by atoms with van der Waals surface area (Å²) < 4.78 is 1.70.